The molecule has 0 spiro atoms. The molecule has 0 saturated heterocycles. The van der Waals surface area contributed by atoms with Crippen LogP contribution in [0.3, 0.4) is 0 Å². The fourth-order valence-corrected chi connectivity index (χ4v) is 6.45. The summed E-state index contributed by atoms with van der Waals surface area (Å²) in [4.78, 5) is 14.4. The van der Waals surface area contributed by atoms with Gasteiger partial charge in [0.2, 0.25) is 0 Å². The molecule has 196 valence electrons. The first kappa shape index (κ1) is 16.2. The van der Waals surface area contributed by atoms with Crippen molar-refractivity contribution in [2.75, 3.05) is 0 Å². The molecule has 3 heterocycles. The molecule has 0 bridgehead atoms. The maximum Gasteiger partial charge on any atom is 0.164 e. The van der Waals surface area contributed by atoms with Gasteiger partial charge in [-0.3, -0.25) is 0 Å². The van der Waals surface area contributed by atoms with Gasteiger partial charge in [0.25, 0.3) is 0 Å². The largest absolute Gasteiger partial charge is 0.456 e. The Hall–Kier alpha value is -5.39. The zero-order valence-corrected chi connectivity index (χ0v) is 22.4. The van der Waals surface area contributed by atoms with Crippen molar-refractivity contribution in [1.29, 1.82) is 0 Å². The first-order chi connectivity index (χ1) is 24.5. The van der Waals surface area contributed by atoms with E-state index in [1.807, 2.05) is 36.4 Å². The van der Waals surface area contributed by atoms with Gasteiger partial charge in [-0.05, 0) is 41.1 Å². The van der Waals surface area contributed by atoms with E-state index in [0.717, 1.165) is 20.2 Å². The monoisotopic (exact) mass is 564 g/mol. The van der Waals surface area contributed by atoms with Crippen molar-refractivity contribution in [2.24, 2.45) is 0 Å². The van der Waals surface area contributed by atoms with Crippen LogP contribution in [0.1, 0.15) is 12.3 Å². The van der Waals surface area contributed by atoms with Gasteiger partial charge in [0.15, 0.2) is 17.5 Å². The number of thiophene rings is 1. The number of benzene rings is 6. The molecule has 6 aromatic carbocycles. The first-order valence-electron chi connectivity index (χ1n) is 17.6. The second-order valence-electron chi connectivity index (χ2n) is 9.73. The molecule has 9 rings (SSSR count). The van der Waals surface area contributed by atoms with Crippen LogP contribution in [0.2, 0.25) is 0 Å². The topological polar surface area (TPSA) is 51.8 Å². The van der Waals surface area contributed by atoms with E-state index in [4.69, 9.17) is 30.3 Å². The molecule has 3 aromatic heterocycles. The standard InChI is InChI=1S/C37H21N3OS/c1-2-9-23-20-24(17-16-22(23)8-1)35-38-36(25-18-19-27-26-10-4-6-15-32(26)42-33(27)21-25)40-37(39-35)29-12-7-14-31-34(29)28-11-3-5-13-30(28)41-31/h1-21H/i1D,2D,3D,8D,12D,13D,16D,17D,20D. The molecule has 9 aromatic rings. The molecule has 4 nitrogen and oxygen atoms in total. The first-order valence-corrected chi connectivity index (χ1v) is 13.9. The highest BCUT2D eigenvalue weighted by Crippen LogP contribution is 2.38. The maximum absolute atomic E-state index is 9.18. The van der Waals surface area contributed by atoms with E-state index < -0.39 is 24.2 Å². The minimum atomic E-state index is -0.433. The van der Waals surface area contributed by atoms with Crippen molar-refractivity contribution in [1.82, 2.24) is 15.0 Å². The summed E-state index contributed by atoms with van der Waals surface area (Å²) in [6, 6.07) is 19.0. The van der Waals surface area contributed by atoms with Gasteiger partial charge < -0.3 is 4.42 Å². The summed E-state index contributed by atoms with van der Waals surface area (Å²) in [7, 11) is 0. The van der Waals surface area contributed by atoms with Gasteiger partial charge in [0, 0.05) is 47.6 Å². The third-order valence-corrected chi connectivity index (χ3v) is 8.37. The van der Waals surface area contributed by atoms with Gasteiger partial charge in [-0.15, -0.1) is 11.3 Å². The minimum absolute atomic E-state index is 0.00930. The molecule has 42 heavy (non-hydrogen) atoms. The summed E-state index contributed by atoms with van der Waals surface area (Å²) in [5.74, 6) is 0.0626. The molecule has 0 N–H and O–H groups in total. The third-order valence-electron chi connectivity index (χ3n) is 7.24. The Labute approximate surface area is 257 Å². The van der Waals surface area contributed by atoms with Crippen LogP contribution in [-0.4, -0.2) is 15.0 Å². The highest BCUT2D eigenvalue weighted by atomic mass is 32.1. The van der Waals surface area contributed by atoms with Crippen molar-refractivity contribution < 1.29 is 16.8 Å². The summed E-state index contributed by atoms with van der Waals surface area (Å²) in [5.41, 5.74) is 1.29. The summed E-state index contributed by atoms with van der Waals surface area (Å²) in [6.07, 6.45) is 0. The zero-order valence-electron chi connectivity index (χ0n) is 30.6. The van der Waals surface area contributed by atoms with Crippen molar-refractivity contribution >= 4 is 64.2 Å². The van der Waals surface area contributed by atoms with E-state index in [-0.39, 0.29) is 75.2 Å². The summed E-state index contributed by atoms with van der Waals surface area (Å²) < 4.78 is 85.7. The summed E-state index contributed by atoms with van der Waals surface area (Å²) >= 11 is 1.61. The average molecular weight is 565 g/mol. The van der Waals surface area contributed by atoms with Crippen LogP contribution < -0.4 is 0 Å². The normalized spacial score (nSPS) is 14.8. The lowest BCUT2D eigenvalue weighted by molar-refractivity contribution is 0.669. The molecular formula is C37H21N3OS. The quantitative estimate of drug-likeness (QED) is 0.214. The van der Waals surface area contributed by atoms with E-state index >= 15 is 0 Å². The number of hydrogen-bond donors (Lipinski definition) is 0. The zero-order chi connectivity index (χ0) is 35.5. The Morgan fingerprint density at radius 3 is 2.43 bits per heavy atom. The number of para-hydroxylation sites is 1. The molecule has 0 atom stereocenters. The second kappa shape index (κ2) is 9.06. The van der Waals surface area contributed by atoms with E-state index in [1.165, 1.54) is 18.2 Å². The number of rotatable bonds is 3. The summed E-state index contributed by atoms with van der Waals surface area (Å²) in [5, 5.41) is 2.97. The molecule has 0 unspecified atom stereocenters. The van der Waals surface area contributed by atoms with Gasteiger partial charge in [0.1, 0.15) is 11.2 Å². The van der Waals surface area contributed by atoms with E-state index in [1.54, 1.807) is 23.5 Å². The Bertz CT molecular complexity index is 2990. The predicted molar refractivity (Wildman–Crippen MR) is 174 cm³/mol. The van der Waals surface area contributed by atoms with Crippen LogP contribution in [0.4, 0.5) is 0 Å². The van der Waals surface area contributed by atoms with Crippen molar-refractivity contribution in [3.63, 3.8) is 0 Å². The number of furan rings is 1. The lowest BCUT2D eigenvalue weighted by atomic mass is 10.0. The van der Waals surface area contributed by atoms with Gasteiger partial charge in [-0.25, -0.2) is 15.0 Å². The van der Waals surface area contributed by atoms with E-state index in [2.05, 4.69) is 6.07 Å². The Kier molecular flexibility index (Phi) is 3.49. The summed E-state index contributed by atoms with van der Waals surface area (Å²) in [6.45, 7) is 0. The molecule has 0 aliphatic heterocycles. The number of aromatic nitrogens is 3. The third kappa shape index (κ3) is 3.64. The maximum atomic E-state index is 9.18. The van der Waals surface area contributed by atoms with Crippen LogP contribution in [0, 0.1) is 0 Å². The Balaban J connectivity index is 1.38. The molecule has 0 fully saturated rings. The number of fused-ring (bicyclic) bond motifs is 7. The van der Waals surface area contributed by atoms with Crippen molar-refractivity contribution in [2.45, 2.75) is 0 Å². The molecular weight excluding hydrogens is 534 g/mol. The van der Waals surface area contributed by atoms with Crippen molar-refractivity contribution in [3.05, 3.63) is 127 Å². The second-order valence-corrected chi connectivity index (χ2v) is 10.8. The van der Waals surface area contributed by atoms with Crippen molar-refractivity contribution in [3.8, 4) is 34.2 Å². The van der Waals surface area contributed by atoms with E-state index in [0.29, 0.717) is 21.9 Å². The van der Waals surface area contributed by atoms with Gasteiger partial charge in [0.05, 0.1) is 12.3 Å². The minimum Gasteiger partial charge on any atom is -0.456 e. The smallest absolute Gasteiger partial charge is 0.164 e. The fraction of sp³-hybridized carbons (Fsp3) is 0. The Morgan fingerprint density at radius 2 is 1.45 bits per heavy atom. The lowest BCUT2D eigenvalue weighted by Gasteiger charge is -2.10. The molecule has 0 radical (unpaired) electrons. The van der Waals surface area contributed by atoms with Crippen LogP contribution in [0.25, 0.3) is 87.0 Å². The predicted octanol–water partition coefficient (Wildman–Crippen LogP) is 10.3. The SMILES string of the molecule is [2H]c1cc([2H])c2oc3ccc([2H])c(-c4nc(-c5ccc6c(c5)sc5ccccc56)nc(-c5c([2H])c([2H])c6c([2H])c([2H])c([2H])cc6c5[2H])n4)c3c2c1. The van der Waals surface area contributed by atoms with Crippen LogP contribution >= 0.6 is 11.3 Å². The average Bonchev–Trinajstić information content (AvgIpc) is 3.67. The highest BCUT2D eigenvalue weighted by Gasteiger charge is 2.18. The molecule has 0 saturated carbocycles. The number of hydrogen-bond acceptors (Lipinski definition) is 5. The van der Waals surface area contributed by atoms with Crippen LogP contribution in [0.5, 0.6) is 0 Å². The molecule has 0 aliphatic rings. The van der Waals surface area contributed by atoms with Crippen LogP contribution in [0.15, 0.2) is 132 Å². The fourth-order valence-electron chi connectivity index (χ4n) is 5.30. The van der Waals surface area contributed by atoms with E-state index in [9.17, 15) is 1.37 Å². The molecule has 0 aliphatic carbocycles. The van der Waals surface area contributed by atoms with Crippen LogP contribution in [-0.2, 0) is 0 Å². The molecule has 0 amide bonds. The van der Waals surface area contributed by atoms with Gasteiger partial charge >= 0.3 is 0 Å². The lowest BCUT2D eigenvalue weighted by Crippen LogP contribution is -2.00. The van der Waals surface area contributed by atoms with Gasteiger partial charge in [-0.2, -0.15) is 0 Å². The number of nitrogens with zero attached hydrogens (tertiary/aromatic N) is 3. The Morgan fingerprint density at radius 1 is 0.571 bits per heavy atom. The highest BCUT2D eigenvalue weighted by molar-refractivity contribution is 7.25. The van der Waals surface area contributed by atoms with Gasteiger partial charge in [-0.1, -0.05) is 96.9 Å². The molecule has 5 heteroatoms.